The molecule has 2 aromatic heterocycles. The number of Topliss-reactive ketones (excluding diaryl/α,β-unsaturated/α-hetero) is 1. The van der Waals surface area contributed by atoms with Crippen molar-refractivity contribution in [2.75, 3.05) is 6.61 Å². The largest absolute Gasteiger partial charge is 0.453 e. The number of halogens is 2. The number of aromatic nitrogens is 1. The summed E-state index contributed by atoms with van der Waals surface area (Å²) in [6.45, 7) is 7.49. The van der Waals surface area contributed by atoms with Gasteiger partial charge in [0.2, 0.25) is 5.78 Å². The van der Waals surface area contributed by atoms with Crippen molar-refractivity contribution in [3.63, 3.8) is 0 Å². The Morgan fingerprint density at radius 2 is 1.78 bits per heavy atom. The normalized spacial score (nSPS) is 11.2. The third-order valence-electron chi connectivity index (χ3n) is 5.59. The molecule has 0 aliphatic heterocycles. The highest BCUT2D eigenvalue weighted by Gasteiger charge is 2.22. The van der Waals surface area contributed by atoms with Gasteiger partial charge in [-0.15, -0.1) is 11.3 Å². The summed E-state index contributed by atoms with van der Waals surface area (Å²) >= 11 is 7.32. The van der Waals surface area contributed by atoms with Gasteiger partial charge >= 0.3 is 5.97 Å². The number of nitrogens with zero attached hydrogens (tertiary/aromatic N) is 1. The molecule has 0 fully saturated rings. The molecular weight excluding hydrogens is 449 g/mol. The number of hydrogen-bond donors (Lipinski definition) is 0. The lowest BCUT2D eigenvalue weighted by Gasteiger charge is -2.12. The van der Waals surface area contributed by atoms with Crippen LogP contribution in [-0.4, -0.2) is 22.9 Å². The highest BCUT2D eigenvalue weighted by atomic mass is 35.5. The van der Waals surface area contributed by atoms with E-state index in [0.717, 1.165) is 34.0 Å². The first-order valence-corrected chi connectivity index (χ1v) is 11.2. The number of thiophene rings is 1. The SMILES string of the molecule is Cc1ccc(-n2c(C)cc(C(=O)COC(=O)c3sc4cc(F)ccc4c3Cl)c2C)cc1C. The average molecular weight is 470 g/mol. The Balaban J connectivity index is 1.54. The Kier molecular flexibility index (Phi) is 5.93. The van der Waals surface area contributed by atoms with E-state index in [1.807, 2.05) is 37.5 Å². The quantitative estimate of drug-likeness (QED) is 0.240. The van der Waals surface area contributed by atoms with Crippen molar-refractivity contribution >= 4 is 44.8 Å². The van der Waals surface area contributed by atoms with Crippen LogP contribution >= 0.6 is 22.9 Å². The monoisotopic (exact) mass is 469 g/mol. The number of fused-ring (bicyclic) bond motifs is 1. The summed E-state index contributed by atoms with van der Waals surface area (Å²) < 4.78 is 21.3. The van der Waals surface area contributed by atoms with Gasteiger partial charge in [0.25, 0.3) is 0 Å². The van der Waals surface area contributed by atoms with E-state index in [2.05, 4.69) is 13.0 Å². The molecule has 4 rings (SSSR count). The number of ether oxygens (including phenoxy) is 1. The second-order valence-electron chi connectivity index (χ2n) is 7.77. The number of hydrogen-bond acceptors (Lipinski definition) is 4. The number of aryl methyl sites for hydroxylation is 3. The summed E-state index contributed by atoms with van der Waals surface area (Å²) in [7, 11) is 0. The molecule has 0 aliphatic rings. The Hall–Kier alpha value is -2.96. The molecule has 2 aromatic carbocycles. The molecule has 0 radical (unpaired) electrons. The van der Waals surface area contributed by atoms with Gasteiger partial charge < -0.3 is 9.30 Å². The van der Waals surface area contributed by atoms with E-state index in [0.29, 0.717) is 15.6 Å². The Bertz CT molecular complexity index is 1390. The van der Waals surface area contributed by atoms with E-state index >= 15 is 0 Å². The maximum absolute atomic E-state index is 13.5. The number of benzene rings is 2. The third kappa shape index (κ3) is 3.96. The standard InChI is InChI=1S/C25H21ClFNO3S/c1-13-5-7-18(9-14(13)2)28-15(3)10-20(16(28)4)21(29)12-31-25(30)24-23(26)19-8-6-17(27)11-22(19)32-24/h5-11H,12H2,1-4H3. The molecule has 4 nitrogen and oxygen atoms in total. The van der Waals surface area contributed by atoms with Crippen LogP contribution in [0.1, 0.15) is 42.5 Å². The molecule has 164 valence electrons. The number of esters is 1. The molecule has 0 N–H and O–H groups in total. The minimum atomic E-state index is -0.701. The lowest BCUT2D eigenvalue weighted by atomic mass is 10.1. The van der Waals surface area contributed by atoms with Gasteiger partial charge in [-0.25, -0.2) is 9.18 Å². The molecule has 0 aliphatic carbocycles. The molecule has 0 unspecified atom stereocenters. The number of carbonyl (C=O) groups is 2. The smallest absolute Gasteiger partial charge is 0.350 e. The van der Waals surface area contributed by atoms with E-state index in [1.165, 1.54) is 23.8 Å². The second kappa shape index (κ2) is 8.52. The molecule has 0 spiro atoms. The fourth-order valence-electron chi connectivity index (χ4n) is 3.75. The summed E-state index contributed by atoms with van der Waals surface area (Å²) in [5.41, 5.74) is 5.53. The molecular formula is C25H21ClFNO3S. The maximum atomic E-state index is 13.5. The van der Waals surface area contributed by atoms with Crippen LogP contribution < -0.4 is 0 Å². The van der Waals surface area contributed by atoms with Crippen LogP contribution in [0.2, 0.25) is 5.02 Å². The van der Waals surface area contributed by atoms with Crippen LogP contribution in [0.5, 0.6) is 0 Å². The Morgan fingerprint density at radius 3 is 2.50 bits per heavy atom. The molecule has 32 heavy (non-hydrogen) atoms. The summed E-state index contributed by atoms with van der Waals surface area (Å²) in [6, 6.07) is 12.1. The molecule has 4 aromatic rings. The lowest BCUT2D eigenvalue weighted by Crippen LogP contribution is -2.14. The van der Waals surface area contributed by atoms with Crippen molar-refractivity contribution in [2.24, 2.45) is 0 Å². The zero-order chi connectivity index (χ0) is 23.2. The van der Waals surface area contributed by atoms with Crippen LogP contribution in [-0.2, 0) is 4.74 Å². The summed E-state index contributed by atoms with van der Waals surface area (Å²) in [6.07, 6.45) is 0. The molecule has 7 heteroatoms. The van der Waals surface area contributed by atoms with Gasteiger partial charge in [-0.3, -0.25) is 4.79 Å². The molecule has 0 amide bonds. The zero-order valence-corrected chi connectivity index (χ0v) is 19.7. The van der Waals surface area contributed by atoms with Crippen LogP contribution in [0.25, 0.3) is 15.8 Å². The van der Waals surface area contributed by atoms with Crippen molar-refractivity contribution in [3.05, 3.63) is 86.3 Å². The first kappa shape index (κ1) is 22.2. The fraction of sp³-hybridized carbons (Fsp3) is 0.200. The highest BCUT2D eigenvalue weighted by Crippen LogP contribution is 2.36. The zero-order valence-electron chi connectivity index (χ0n) is 18.1. The van der Waals surface area contributed by atoms with E-state index in [1.54, 1.807) is 6.07 Å². The van der Waals surface area contributed by atoms with Crippen molar-refractivity contribution in [1.82, 2.24) is 4.57 Å². The molecule has 0 atom stereocenters. The van der Waals surface area contributed by atoms with Gasteiger partial charge in [0.1, 0.15) is 10.7 Å². The number of carbonyl (C=O) groups excluding carboxylic acids is 2. The second-order valence-corrected chi connectivity index (χ2v) is 9.20. The summed E-state index contributed by atoms with van der Waals surface area (Å²) in [5.74, 6) is -1.41. The third-order valence-corrected chi connectivity index (χ3v) is 7.23. The molecule has 2 heterocycles. The van der Waals surface area contributed by atoms with E-state index < -0.39 is 18.4 Å². The topological polar surface area (TPSA) is 48.3 Å². The minimum Gasteiger partial charge on any atom is -0.453 e. The van der Waals surface area contributed by atoms with Gasteiger partial charge in [0.05, 0.1) is 5.02 Å². The number of ketones is 1. The first-order valence-electron chi connectivity index (χ1n) is 10.0. The number of rotatable bonds is 5. The molecule has 0 bridgehead atoms. The van der Waals surface area contributed by atoms with Gasteiger partial charge in [-0.1, -0.05) is 17.7 Å². The van der Waals surface area contributed by atoms with Gasteiger partial charge in [0.15, 0.2) is 6.61 Å². The van der Waals surface area contributed by atoms with Crippen molar-refractivity contribution in [3.8, 4) is 5.69 Å². The van der Waals surface area contributed by atoms with Gasteiger partial charge in [-0.05, 0) is 75.2 Å². The van der Waals surface area contributed by atoms with Crippen LogP contribution in [0.3, 0.4) is 0 Å². The van der Waals surface area contributed by atoms with Crippen LogP contribution in [0, 0.1) is 33.5 Å². The summed E-state index contributed by atoms with van der Waals surface area (Å²) in [4.78, 5) is 25.6. The van der Waals surface area contributed by atoms with Crippen LogP contribution in [0.15, 0.2) is 42.5 Å². The lowest BCUT2D eigenvalue weighted by molar-refractivity contribution is 0.0479. The van der Waals surface area contributed by atoms with Gasteiger partial charge in [0, 0.05) is 32.7 Å². The van der Waals surface area contributed by atoms with E-state index in [4.69, 9.17) is 16.3 Å². The van der Waals surface area contributed by atoms with Crippen molar-refractivity contribution in [1.29, 1.82) is 0 Å². The fourth-order valence-corrected chi connectivity index (χ4v) is 5.18. The maximum Gasteiger partial charge on any atom is 0.350 e. The van der Waals surface area contributed by atoms with E-state index in [9.17, 15) is 14.0 Å². The van der Waals surface area contributed by atoms with Crippen molar-refractivity contribution < 1.29 is 18.7 Å². The highest BCUT2D eigenvalue weighted by molar-refractivity contribution is 7.21. The Morgan fingerprint density at radius 1 is 1.03 bits per heavy atom. The van der Waals surface area contributed by atoms with Crippen molar-refractivity contribution in [2.45, 2.75) is 27.7 Å². The predicted molar refractivity (Wildman–Crippen MR) is 126 cm³/mol. The molecule has 0 saturated heterocycles. The average Bonchev–Trinajstić information content (AvgIpc) is 3.23. The summed E-state index contributed by atoms with van der Waals surface area (Å²) in [5, 5.41) is 0.781. The van der Waals surface area contributed by atoms with Gasteiger partial charge in [-0.2, -0.15) is 0 Å². The Labute approximate surface area is 194 Å². The van der Waals surface area contributed by atoms with E-state index in [-0.39, 0.29) is 15.7 Å². The predicted octanol–water partition coefficient (Wildman–Crippen LogP) is 6.76. The van der Waals surface area contributed by atoms with Crippen LogP contribution in [0.4, 0.5) is 4.39 Å². The first-order chi connectivity index (χ1) is 15.2. The minimum absolute atomic E-state index is 0.153. The molecule has 0 saturated carbocycles.